The van der Waals surface area contributed by atoms with Crippen molar-refractivity contribution in [2.24, 2.45) is 17.3 Å². The Hall–Kier alpha value is -2.35. The topological polar surface area (TPSA) is 126 Å². The molecule has 1 saturated heterocycles. The number of benzene rings is 1. The van der Waals surface area contributed by atoms with Crippen molar-refractivity contribution in [3.63, 3.8) is 0 Å². The van der Waals surface area contributed by atoms with Crippen molar-refractivity contribution in [3.8, 4) is 0 Å². The van der Waals surface area contributed by atoms with E-state index in [-0.39, 0.29) is 23.4 Å². The lowest BCUT2D eigenvalue weighted by atomic mass is 9.81. The average Bonchev–Trinajstić information content (AvgIpc) is 3.22. The van der Waals surface area contributed by atoms with E-state index in [1.54, 1.807) is 11.2 Å². The van der Waals surface area contributed by atoms with Crippen LogP contribution in [0.25, 0.3) is 10.9 Å². The largest absolute Gasteiger partial charge is 0.405 e. The second-order valence-corrected chi connectivity index (χ2v) is 7.85. The number of nitrogens with two attached hydrogens (primary N) is 3. The van der Waals surface area contributed by atoms with E-state index in [1.807, 2.05) is 18.2 Å². The fourth-order valence-corrected chi connectivity index (χ4v) is 4.44. The molecule has 1 aliphatic heterocycles. The number of hydrogen-bond donors (Lipinski definition) is 5. The summed E-state index contributed by atoms with van der Waals surface area (Å²) in [4.78, 5) is 16.1. The highest BCUT2D eigenvalue weighted by molar-refractivity contribution is 6.00. The van der Waals surface area contributed by atoms with Crippen LogP contribution in [0.1, 0.15) is 47.9 Å². The van der Waals surface area contributed by atoms with Gasteiger partial charge < -0.3 is 21.8 Å². The first-order valence-electron chi connectivity index (χ1n) is 8.97. The van der Waals surface area contributed by atoms with Crippen LogP contribution in [-0.4, -0.2) is 35.0 Å². The number of hydrogen-bond acceptors (Lipinski definition) is 5. The number of rotatable bonds is 2. The van der Waals surface area contributed by atoms with Crippen LogP contribution in [0, 0.1) is 0 Å². The fraction of sp³-hybridized carbons (Fsp3) is 0.421. The lowest BCUT2D eigenvalue weighted by Crippen LogP contribution is -2.38. The molecule has 2 aromatic rings. The molecule has 0 spiro atoms. The number of carbonyl (C=O) groups excluding carboxylic acids is 1. The third-order valence-electron chi connectivity index (χ3n) is 5.82. The maximum atomic E-state index is 12.7. The van der Waals surface area contributed by atoms with Gasteiger partial charge in [-0.2, -0.15) is 0 Å². The van der Waals surface area contributed by atoms with E-state index in [9.17, 15) is 4.79 Å². The maximum absolute atomic E-state index is 12.7. The lowest BCUT2D eigenvalue weighted by molar-refractivity contribution is 0.0938. The molecule has 4 rings (SSSR count). The average molecular weight is 354 g/mol. The van der Waals surface area contributed by atoms with Gasteiger partial charge in [-0.25, -0.2) is 5.01 Å². The minimum absolute atomic E-state index is 0.0724. The number of aromatic nitrogens is 1. The van der Waals surface area contributed by atoms with Crippen molar-refractivity contribution in [1.29, 1.82) is 0 Å². The van der Waals surface area contributed by atoms with Crippen LogP contribution in [0.4, 0.5) is 0 Å². The van der Waals surface area contributed by atoms with Crippen LogP contribution in [0.5, 0.6) is 0 Å². The lowest BCUT2D eigenvalue weighted by Gasteiger charge is -2.23. The van der Waals surface area contributed by atoms with Crippen LogP contribution in [0.3, 0.4) is 0 Å². The van der Waals surface area contributed by atoms with Crippen molar-refractivity contribution in [1.82, 2.24) is 15.3 Å². The van der Waals surface area contributed by atoms with Crippen LogP contribution in [0.2, 0.25) is 0 Å². The zero-order valence-electron chi connectivity index (χ0n) is 15.2. The van der Waals surface area contributed by atoms with Gasteiger partial charge in [-0.3, -0.25) is 10.6 Å². The van der Waals surface area contributed by atoms with Crippen molar-refractivity contribution in [2.75, 3.05) is 13.1 Å². The Labute approximate surface area is 152 Å². The quantitative estimate of drug-likeness (QED) is 0.514. The Balaban J connectivity index is 1.71. The molecule has 8 N–H and O–H groups in total. The Bertz CT molecular complexity index is 912. The molecule has 2 heterocycles. The number of H-pyrrole nitrogens is 1. The number of amides is 1. The van der Waals surface area contributed by atoms with Gasteiger partial charge in [0.15, 0.2) is 0 Å². The Kier molecular flexibility index (Phi) is 3.83. The fourth-order valence-electron chi connectivity index (χ4n) is 4.44. The first-order chi connectivity index (χ1) is 12.3. The third-order valence-corrected chi connectivity index (χ3v) is 5.82. The van der Waals surface area contributed by atoms with Crippen LogP contribution >= 0.6 is 0 Å². The first kappa shape index (κ1) is 17.1. The molecule has 0 saturated carbocycles. The predicted molar refractivity (Wildman–Crippen MR) is 102 cm³/mol. The van der Waals surface area contributed by atoms with Gasteiger partial charge >= 0.3 is 0 Å². The molecule has 26 heavy (non-hydrogen) atoms. The predicted octanol–water partition coefficient (Wildman–Crippen LogP) is 0.979. The summed E-state index contributed by atoms with van der Waals surface area (Å²) in [6, 6.07) is 5.58. The van der Waals surface area contributed by atoms with Crippen molar-refractivity contribution in [2.45, 2.75) is 37.8 Å². The van der Waals surface area contributed by atoms with Gasteiger partial charge in [0.1, 0.15) is 0 Å². The molecule has 2 aliphatic rings. The molecule has 1 amide bonds. The van der Waals surface area contributed by atoms with E-state index in [0.29, 0.717) is 12.1 Å². The van der Waals surface area contributed by atoms with Gasteiger partial charge in [0.2, 0.25) is 0 Å². The van der Waals surface area contributed by atoms with Gasteiger partial charge in [0.05, 0.1) is 6.04 Å². The molecule has 1 aromatic carbocycles. The number of nitrogens with zero attached hydrogens (tertiary/aromatic N) is 1. The van der Waals surface area contributed by atoms with Gasteiger partial charge in [0, 0.05) is 46.7 Å². The summed E-state index contributed by atoms with van der Waals surface area (Å²) >= 11 is 0. The van der Waals surface area contributed by atoms with Crippen LogP contribution in [0.15, 0.2) is 30.0 Å². The van der Waals surface area contributed by atoms with E-state index in [4.69, 9.17) is 17.3 Å². The molecule has 7 nitrogen and oxygen atoms in total. The highest BCUT2D eigenvalue weighted by atomic mass is 16.1. The molecule has 138 valence electrons. The monoisotopic (exact) mass is 354 g/mol. The van der Waals surface area contributed by atoms with Crippen LogP contribution in [-0.2, 0) is 5.41 Å². The summed E-state index contributed by atoms with van der Waals surface area (Å²) < 4.78 is 0. The Morgan fingerprint density at radius 2 is 2.19 bits per heavy atom. The molecule has 7 heteroatoms. The molecule has 1 aliphatic carbocycles. The Morgan fingerprint density at radius 3 is 2.85 bits per heavy atom. The molecule has 1 aromatic heterocycles. The minimum Gasteiger partial charge on any atom is -0.405 e. The van der Waals surface area contributed by atoms with Gasteiger partial charge in [-0.15, -0.1) is 0 Å². The molecule has 2 atom stereocenters. The normalized spacial score (nSPS) is 26.5. The second-order valence-electron chi connectivity index (χ2n) is 7.85. The van der Waals surface area contributed by atoms with E-state index < -0.39 is 0 Å². The minimum atomic E-state index is -0.275. The third kappa shape index (κ3) is 2.43. The van der Waals surface area contributed by atoms with Crippen molar-refractivity contribution >= 4 is 16.8 Å². The summed E-state index contributed by atoms with van der Waals surface area (Å²) in [5.41, 5.74) is 16.7. The van der Waals surface area contributed by atoms with Gasteiger partial charge in [-0.1, -0.05) is 13.8 Å². The van der Waals surface area contributed by atoms with Gasteiger partial charge in [-0.05, 0) is 42.0 Å². The molecule has 0 radical (unpaired) electrons. The summed E-state index contributed by atoms with van der Waals surface area (Å²) in [6.45, 7) is 5.72. The maximum Gasteiger partial charge on any atom is 0.251 e. The molecule has 1 fully saturated rings. The van der Waals surface area contributed by atoms with E-state index in [2.05, 4.69) is 24.1 Å². The zero-order chi connectivity index (χ0) is 18.6. The highest BCUT2D eigenvalue weighted by Gasteiger charge is 2.42. The summed E-state index contributed by atoms with van der Waals surface area (Å²) in [5.74, 6) is 5.71. The first-order valence-corrected chi connectivity index (χ1v) is 8.97. The highest BCUT2D eigenvalue weighted by Crippen LogP contribution is 2.50. The van der Waals surface area contributed by atoms with Crippen LogP contribution < -0.4 is 22.6 Å². The number of carbonyl (C=O) groups is 1. The smallest absolute Gasteiger partial charge is 0.251 e. The Morgan fingerprint density at radius 1 is 1.42 bits per heavy atom. The molecule has 0 bridgehead atoms. The molecular formula is C19H26N6O. The van der Waals surface area contributed by atoms with E-state index >= 15 is 0 Å². The van der Waals surface area contributed by atoms with Crippen molar-refractivity contribution in [3.05, 3.63) is 46.8 Å². The summed E-state index contributed by atoms with van der Waals surface area (Å²) in [6.07, 6.45) is 2.48. The molecule has 2 unspecified atom stereocenters. The van der Waals surface area contributed by atoms with E-state index in [0.717, 1.165) is 40.7 Å². The van der Waals surface area contributed by atoms with Gasteiger partial charge in [0.25, 0.3) is 5.91 Å². The van der Waals surface area contributed by atoms with Crippen molar-refractivity contribution < 1.29 is 4.79 Å². The summed E-state index contributed by atoms with van der Waals surface area (Å²) in [5, 5.41) is 5.83. The number of fused-ring (bicyclic) bond motifs is 3. The number of aromatic amines is 1. The zero-order valence-corrected chi connectivity index (χ0v) is 15.2. The molecular weight excluding hydrogens is 328 g/mol. The second kappa shape index (κ2) is 5.84. The summed E-state index contributed by atoms with van der Waals surface area (Å²) in [7, 11) is 0. The van der Waals surface area contributed by atoms with E-state index in [1.165, 1.54) is 0 Å². The standard InChI is InChI=1S/C19H26N6O/c1-19(2)13(8-20)16(21)17-15(19)12-7-10(3-4-14(12)24-17)18(26)23-11-5-6-25(22)9-11/h3-4,7-8,11,16,24H,5-6,9,20-22H2,1-2H3,(H,23,26)/b13-8+. The number of hydrazine groups is 1. The number of nitrogens with one attached hydrogen (secondary N) is 2. The SMILES string of the molecule is CC1(C)/C(=C/N)C(N)c2[nH]c3ccc(C(=O)NC4CCN(N)C4)cc3c21.